The number of rotatable bonds is 5. The Hall–Kier alpha value is -1.73. The van der Waals surface area contributed by atoms with Crippen LogP contribution in [0, 0.1) is 10.1 Å². The Labute approximate surface area is 134 Å². The van der Waals surface area contributed by atoms with E-state index in [4.69, 9.17) is 9.47 Å². The van der Waals surface area contributed by atoms with E-state index in [0.29, 0.717) is 32.0 Å². The average molecular weight is 324 g/mol. The van der Waals surface area contributed by atoms with Crippen LogP contribution in [-0.2, 0) is 4.74 Å². The molecule has 0 radical (unpaired) electrons. The van der Waals surface area contributed by atoms with Crippen LogP contribution < -0.4 is 4.74 Å². The molecule has 7 heteroatoms. The lowest BCUT2D eigenvalue weighted by molar-refractivity contribution is -0.386. The summed E-state index contributed by atoms with van der Waals surface area (Å²) in [5.41, 5.74) is -1.56. The minimum absolute atomic E-state index is 0.126. The molecule has 1 unspecified atom stereocenters. The van der Waals surface area contributed by atoms with Crippen molar-refractivity contribution in [1.82, 2.24) is 4.90 Å². The molecule has 2 aliphatic rings. The van der Waals surface area contributed by atoms with Crippen molar-refractivity contribution in [3.63, 3.8) is 0 Å². The summed E-state index contributed by atoms with van der Waals surface area (Å²) in [6.07, 6.45) is 1.76. The summed E-state index contributed by atoms with van der Waals surface area (Å²) in [5, 5.41) is 11.0. The van der Waals surface area contributed by atoms with Gasteiger partial charge in [-0.05, 0) is 25.3 Å². The van der Waals surface area contributed by atoms with Gasteiger partial charge < -0.3 is 9.47 Å². The molecule has 2 heterocycles. The van der Waals surface area contributed by atoms with Gasteiger partial charge in [-0.2, -0.15) is 0 Å². The SMILES string of the molecule is O=[N+]([O-])c1ccccc1OCC1(F)CCN(C2CCOC2)CC1. The number of alkyl halides is 1. The molecule has 1 aromatic carbocycles. The topological polar surface area (TPSA) is 64.8 Å². The molecule has 2 aliphatic heterocycles. The fourth-order valence-corrected chi connectivity index (χ4v) is 3.18. The number of halogens is 1. The Morgan fingerprint density at radius 3 is 2.78 bits per heavy atom. The second kappa shape index (κ2) is 6.80. The van der Waals surface area contributed by atoms with Crippen LogP contribution in [0.4, 0.5) is 10.1 Å². The molecule has 0 amide bonds. The second-order valence-corrected chi connectivity index (χ2v) is 6.22. The van der Waals surface area contributed by atoms with Crippen LogP contribution in [0.2, 0.25) is 0 Å². The Balaban J connectivity index is 1.55. The molecule has 0 bridgehead atoms. The zero-order valence-electron chi connectivity index (χ0n) is 12.9. The largest absolute Gasteiger partial charge is 0.483 e. The van der Waals surface area contributed by atoms with Crippen LogP contribution in [0.1, 0.15) is 19.3 Å². The lowest BCUT2D eigenvalue weighted by atomic mass is 9.93. The summed E-state index contributed by atoms with van der Waals surface area (Å²) >= 11 is 0. The fourth-order valence-electron chi connectivity index (χ4n) is 3.18. The van der Waals surface area contributed by atoms with Gasteiger partial charge in [0, 0.05) is 31.8 Å². The van der Waals surface area contributed by atoms with Crippen molar-refractivity contribution < 1.29 is 18.8 Å². The third-order valence-electron chi connectivity index (χ3n) is 4.66. The van der Waals surface area contributed by atoms with Crippen molar-refractivity contribution in [3.05, 3.63) is 34.4 Å². The van der Waals surface area contributed by atoms with E-state index in [2.05, 4.69) is 4.90 Å². The zero-order valence-corrected chi connectivity index (χ0v) is 12.9. The van der Waals surface area contributed by atoms with E-state index in [1.165, 1.54) is 12.1 Å². The molecule has 2 fully saturated rings. The molecular weight excluding hydrogens is 303 g/mol. The van der Waals surface area contributed by atoms with Crippen molar-refractivity contribution in [2.75, 3.05) is 32.9 Å². The first-order valence-electron chi connectivity index (χ1n) is 7.94. The van der Waals surface area contributed by atoms with E-state index in [1.807, 2.05) is 0 Å². The molecule has 23 heavy (non-hydrogen) atoms. The molecule has 6 nitrogen and oxygen atoms in total. The number of benzene rings is 1. The molecule has 2 saturated heterocycles. The lowest BCUT2D eigenvalue weighted by Crippen LogP contribution is -2.48. The quantitative estimate of drug-likeness (QED) is 0.615. The number of likely N-dealkylation sites (tertiary alicyclic amines) is 1. The molecule has 0 aliphatic carbocycles. The van der Waals surface area contributed by atoms with E-state index >= 15 is 0 Å². The summed E-state index contributed by atoms with van der Waals surface area (Å²) < 4.78 is 25.7. The smallest absolute Gasteiger partial charge is 0.310 e. The Morgan fingerprint density at radius 1 is 1.39 bits per heavy atom. The monoisotopic (exact) mass is 324 g/mol. The van der Waals surface area contributed by atoms with Crippen LogP contribution in [0.3, 0.4) is 0 Å². The number of nitro benzene ring substituents is 1. The van der Waals surface area contributed by atoms with Gasteiger partial charge >= 0.3 is 5.69 Å². The first-order valence-corrected chi connectivity index (χ1v) is 7.94. The van der Waals surface area contributed by atoms with E-state index in [-0.39, 0.29) is 18.0 Å². The number of ether oxygens (including phenoxy) is 2. The van der Waals surface area contributed by atoms with Crippen molar-refractivity contribution >= 4 is 5.69 Å². The maximum Gasteiger partial charge on any atom is 0.310 e. The first-order chi connectivity index (χ1) is 11.1. The number of hydrogen-bond donors (Lipinski definition) is 0. The van der Waals surface area contributed by atoms with Crippen molar-refractivity contribution in [2.45, 2.75) is 31.0 Å². The maximum absolute atomic E-state index is 14.9. The standard InChI is InChI=1S/C16H21FN2O4/c17-16(6-8-18(9-7-16)13-5-10-22-11-13)12-23-15-4-2-1-3-14(15)19(20)21/h1-4,13H,5-12H2. The molecule has 0 aromatic heterocycles. The van der Waals surface area contributed by atoms with E-state index in [1.54, 1.807) is 12.1 Å². The van der Waals surface area contributed by atoms with E-state index in [0.717, 1.165) is 19.6 Å². The van der Waals surface area contributed by atoms with Crippen molar-refractivity contribution in [3.8, 4) is 5.75 Å². The Kier molecular flexibility index (Phi) is 4.77. The highest BCUT2D eigenvalue weighted by Crippen LogP contribution is 2.32. The summed E-state index contributed by atoms with van der Waals surface area (Å²) in [5.74, 6) is 0.126. The van der Waals surface area contributed by atoms with Gasteiger partial charge in [0.05, 0.1) is 11.5 Å². The number of nitrogens with zero attached hydrogens (tertiary/aromatic N) is 2. The molecule has 1 aromatic rings. The van der Waals surface area contributed by atoms with Gasteiger partial charge in [0.1, 0.15) is 12.3 Å². The predicted molar refractivity (Wildman–Crippen MR) is 82.5 cm³/mol. The van der Waals surface area contributed by atoms with Gasteiger partial charge in [0.2, 0.25) is 0 Å². The Morgan fingerprint density at radius 2 is 2.13 bits per heavy atom. The maximum atomic E-state index is 14.9. The highest BCUT2D eigenvalue weighted by Gasteiger charge is 2.38. The van der Waals surface area contributed by atoms with Crippen LogP contribution >= 0.6 is 0 Å². The first kappa shape index (κ1) is 16.1. The van der Waals surface area contributed by atoms with Gasteiger partial charge in [-0.25, -0.2) is 4.39 Å². The van der Waals surface area contributed by atoms with E-state index < -0.39 is 10.6 Å². The van der Waals surface area contributed by atoms with Crippen LogP contribution in [0.5, 0.6) is 5.75 Å². The molecule has 0 saturated carbocycles. The number of nitro groups is 1. The summed E-state index contributed by atoms with van der Waals surface area (Å²) in [7, 11) is 0. The fraction of sp³-hybridized carbons (Fsp3) is 0.625. The highest BCUT2D eigenvalue weighted by atomic mass is 19.1. The minimum atomic E-state index is -1.43. The van der Waals surface area contributed by atoms with E-state index in [9.17, 15) is 14.5 Å². The third kappa shape index (κ3) is 3.79. The summed E-state index contributed by atoms with van der Waals surface area (Å²) in [6.45, 7) is 2.71. The van der Waals surface area contributed by atoms with Gasteiger partial charge in [-0.3, -0.25) is 15.0 Å². The van der Waals surface area contributed by atoms with Gasteiger partial charge in [-0.15, -0.1) is 0 Å². The van der Waals surface area contributed by atoms with Crippen LogP contribution in [0.25, 0.3) is 0 Å². The minimum Gasteiger partial charge on any atom is -0.483 e. The van der Waals surface area contributed by atoms with Crippen LogP contribution in [-0.4, -0.2) is 54.4 Å². The number of para-hydroxylation sites is 2. The molecule has 0 spiro atoms. The molecule has 3 rings (SSSR count). The zero-order chi connectivity index (χ0) is 16.3. The Bertz CT molecular complexity index is 555. The second-order valence-electron chi connectivity index (χ2n) is 6.22. The molecular formula is C16H21FN2O4. The lowest BCUT2D eigenvalue weighted by Gasteiger charge is -2.38. The third-order valence-corrected chi connectivity index (χ3v) is 4.66. The molecule has 1 atom stereocenters. The molecule has 126 valence electrons. The van der Waals surface area contributed by atoms with Gasteiger partial charge in [0.25, 0.3) is 0 Å². The number of piperidine rings is 1. The average Bonchev–Trinajstić information content (AvgIpc) is 3.08. The predicted octanol–water partition coefficient (Wildman–Crippen LogP) is 2.57. The summed E-state index contributed by atoms with van der Waals surface area (Å²) in [4.78, 5) is 12.7. The van der Waals surface area contributed by atoms with Gasteiger partial charge in [-0.1, -0.05) is 12.1 Å². The van der Waals surface area contributed by atoms with Crippen LogP contribution in [0.15, 0.2) is 24.3 Å². The summed E-state index contributed by atoms with van der Waals surface area (Å²) in [6, 6.07) is 6.49. The van der Waals surface area contributed by atoms with Gasteiger partial charge in [0.15, 0.2) is 5.75 Å². The highest BCUT2D eigenvalue weighted by molar-refractivity contribution is 5.45. The number of hydrogen-bond acceptors (Lipinski definition) is 5. The molecule has 0 N–H and O–H groups in total. The normalized spacial score (nSPS) is 24.5. The van der Waals surface area contributed by atoms with Crippen molar-refractivity contribution in [2.24, 2.45) is 0 Å². The van der Waals surface area contributed by atoms with Crippen molar-refractivity contribution in [1.29, 1.82) is 0 Å².